The summed E-state index contributed by atoms with van der Waals surface area (Å²) < 4.78 is 12.3. The smallest absolute Gasteiger partial charge is 0.127 e. The van der Waals surface area contributed by atoms with Crippen LogP contribution >= 0.6 is 0 Å². The van der Waals surface area contributed by atoms with Crippen LogP contribution in [0.15, 0.2) is 97.1 Å². The molecule has 48 heavy (non-hydrogen) atoms. The molecule has 2 aliphatic carbocycles. The molecule has 0 heterocycles. The summed E-state index contributed by atoms with van der Waals surface area (Å²) in [5.74, 6) is 6.05. The van der Waals surface area contributed by atoms with E-state index in [1.807, 2.05) is 48.5 Å². The van der Waals surface area contributed by atoms with Crippen molar-refractivity contribution in [3.63, 3.8) is 0 Å². The third-order valence-electron chi connectivity index (χ3n) is 11.4. The third-order valence-corrected chi connectivity index (χ3v) is 11.4. The molecule has 0 spiro atoms. The number of nitrogen functional groups attached to an aromatic ring is 2. The minimum absolute atomic E-state index is 0.0220. The van der Waals surface area contributed by atoms with Gasteiger partial charge in [0.15, 0.2) is 0 Å². The van der Waals surface area contributed by atoms with Gasteiger partial charge < -0.3 is 20.9 Å². The van der Waals surface area contributed by atoms with E-state index in [2.05, 4.69) is 55.5 Å². The van der Waals surface area contributed by atoms with Crippen molar-refractivity contribution >= 4 is 11.4 Å². The Hall–Kier alpha value is -3.92. The number of unbranched alkanes of at least 4 members (excludes halogenated alkanes) is 3. The highest BCUT2D eigenvalue weighted by Crippen LogP contribution is 2.49. The van der Waals surface area contributed by atoms with Crippen LogP contribution in [0.4, 0.5) is 11.4 Å². The van der Waals surface area contributed by atoms with Gasteiger partial charge >= 0.3 is 0 Å². The maximum Gasteiger partial charge on any atom is 0.127 e. The first kappa shape index (κ1) is 34.0. The van der Waals surface area contributed by atoms with E-state index in [-0.39, 0.29) is 5.41 Å². The molecule has 4 heteroatoms. The zero-order chi connectivity index (χ0) is 33.2. The van der Waals surface area contributed by atoms with Crippen molar-refractivity contribution in [2.24, 2.45) is 17.8 Å². The average Bonchev–Trinajstić information content (AvgIpc) is 3.13. The summed E-state index contributed by atoms with van der Waals surface area (Å²) in [4.78, 5) is 0. The van der Waals surface area contributed by atoms with E-state index < -0.39 is 0 Å². The van der Waals surface area contributed by atoms with E-state index in [4.69, 9.17) is 20.9 Å². The SMILES string of the molecule is CCCCCCC1CCC(CCC2CCC(c3ccc(Oc4ccc(N)cc4)cc3)(c3ccc(Oc4ccc(N)cc4)cc3)CC2)CC1. The van der Waals surface area contributed by atoms with Crippen molar-refractivity contribution < 1.29 is 9.47 Å². The van der Waals surface area contributed by atoms with Crippen LogP contribution in [0.1, 0.15) is 114 Å². The molecule has 0 atom stereocenters. The highest BCUT2D eigenvalue weighted by Gasteiger charge is 2.38. The Kier molecular flexibility index (Phi) is 11.6. The molecule has 0 unspecified atom stereocenters. The van der Waals surface area contributed by atoms with Gasteiger partial charge in [-0.2, -0.15) is 0 Å². The Bertz CT molecular complexity index is 1420. The largest absolute Gasteiger partial charge is 0.457 e. The summed E-state index contributed by atoms with van der Waals surface area (Å²) in [5, 5.41) is 0. The molecular formula is C44H56N2O2. The summed E-state index contributed by atoms with van der Waals surface area (Å²) in [6.07, 6.45) is 20.7. The number of anilines is 2. The number of benzene rings is 4. The van der Waals surface area contributed by atoms with Crippen LogP contribution in [0.25, 0.3) is 0 Å². The maximum atomic E-state index is 6.16. The molecule has 6 rings (SSSR count). The molecule has 2 aliphatic rings. The van der Waals surface area contributed by atoms with Crippen molar-refractivity contribution in [1.82, 2.24) is 0 Å². The van der Waals surface area contributed by atoms with Crippen molar-refractivity contribution in [1.29, 1.82) is 0 Å². The minimum atomic E-state index is -0.0220. The lowest BCUT2D eigenvalue weighted by Crippen LogP contribution is -2.33. The first-order chi connectivity index (χ1) is 23.5. The normalized spacial score (nSPS) is 19.5. The van der Waals surface area contributed by atoms with E-state index in [9.17, 15) is 0 Å². The molecular weight excluding hydrogens is 588 g/mol. The predicted molar refractivity (Wildman–Crippen MR) is 201 cm³/mol. The van der Waals surface area contributed by atoms with Gasteiger partial charge in [0, 0.05) is 16.8 Å². The van der Waals surface area contributed by atoms with Gasteiger partial charge in [0.2, 0.25) is 0 Å². The van der Waals surface area contributed by atoms with Crippen molar-refractivity contribution in [2.45, 2.75) is 109 Å². The highest BCUT2D eigenvalue weighted by molar-refractivity contribution is 5.47. The number of hydrogen-bond acceptors (Lipinski definition) is 4. The van der Waals surface area contributed by atoms with E-state index in [1.54, 1.807) is 0 Å². The van der Waals surface area contributed by atoms with Gasteiger partial charge in [0.1, 0.15) is 23.0 Å². The van der Waals surface area contributed by atoms with E-state index in [0.29, 0.717) is 0 Å². The van der Waals surface area contributed by atoms with Crippen LogP contribution in [0.2, 0.25) is 0 Å². The maximum absolute atomic E-state index is 6.16. The Morgan fingerprint density at radius 1 is 0.479 bits per heavy atom. The molecule has 0 saturated heterocycles. The van der Waals surface area contributed by atoms with Crippen LogP contribution in [-0.4, -0.2) is 0 Å². The molecule has 4 aromatic carbocycles. The van der Waals surface area contributed by atoms with Gasteiger partial charge in [-0.15, -0.1) is 0 Å². The lowest BCUT2D eigenvalue weighted by atomic mass is 9.62. The minimum Gasteiger partial charge on any atom is -0.457 e. The number of nitrogens with two attached hydrogens (primary N) is 2. The molecule has 4 nitrogen and oxygen atoms in total. The van der Waals surface area contributed by atoms with Gasteiger partial charge in [-0.3, -0.25) is 0 Å². The fourth-order valence-corrected chi connectivity index (χ4v) is 8.37. The topological polar surface area (TPSA) is 70.5 Å². The molecule has 0 bridgehead atoms. The summed E-state index contributed by atoms with van der Waals surface area (Å²) in [5.41, 5.74) is 15.9. The Balaban J connectivity index is 1.10. The molecule has 2 fully saturated rings. The van der Waals surface area contributed by atoms with Crippen LogP contribution in [0, 0.1) is 17.8 Å². The number of ether oxygens (including phenoxy) is 2. The van der Waals surface area contributed by atoms with Gasteiger partial charge in [-0.1, -0.05) is 102 Å². The van der Waals surface area contributed by atoms with Crippen LogP contribution < -0.4 is 20.9 Å². The molecule has 0 aromatic heterocycles. The second-order valence-corrected chi connectivity index (χ2v) is 14.7. The Morgan fingerprint density at radius 2 is 0.854 bits per heavy atom. The van der Waals surface area contributed by atoms with E-state index in [0.717, 1.165) is 52.1 Å². The highest BCUT2D eigenvalue weighted by atomic mass is 16.5. The molecule has 0 aliphatic heterocycles. The van der Waals surface area contributed by atoms with Gasteiger partial charge in [-0.25, -0.2) is 0 Å². The molecule has 0 radical (unpaired) electrons. The van der Waals surface area contributed by atoms with Gasteiger partial charge in [0.05, 0.1) is 0 Å². The van der Waals surface area contributed by atoms with Crippen molar-refractivity contribution in [3.05, 3.63) is 108 Å². The Morgan fingerprint density at radius 3 is 1.27 bits per heavy atom. The summed E-state index contributed by atoms with van der Waals surface area (Å²) in [6, 6.07) is 32.8. The fourth-order valence-electron chi connectivity index (χ4n) is 8.37. The Labute approximate surface area is 289 Å². The lowest BCUT2D eigenvalue weighted by molar-refractivity contribution is 0.208. The average molecular weight is 645 g/mol. The third kappa shape index (κ3) is 8.95. The number of hydrogen-bond donors (Lipinski definition) is 2. The predicted octanol–water partition coefficient (Wildman–Crippen LogP) is 12.5. The second kappa shape index (κ2) is 16.5. The molecule has 0 amide bonds. The molecule has 4 N–H and O–H groups in total. The van der Waals surface area contributed by atoms with Crippen LogP contribution in [-0.2, 0) is 5.41 Å². The summed E-state index contributed by atoms with van der Waals surface area (Å²) in [7, 11) is 0. The van der Waals surface area contributed by atoms with Crippen molar-refractivity contribution in [2.75, 3.05) is 11.5 Å². The number of rotatable bonds is 14. The van der Waals surface area contributed by atoms with Crippen LogP contribution in [0.5, 0.6) is 23.0 Å². The summed E-state index contributed by atoms with van der Waals surface area (Å²) in [6.45, 7) is 2.31. The molecule has 4 aromatic rings. The standard InChI is InChI=1S/C44H56N2O2/c1-2-3-4-5-6-33-7-9-34(10-8-33)11-12-35-29-31-44(32-30-35,36-13-21-40(22-14-36)47-42-25-17-38(45)18-26-42)37-15-23-41(24-16-37)48-43-27-19-39(46)20-28-43/h13-28,33-35H,2-12,29-32,45-46H2,1H3. The zero-order valence-corrected chi connectivity index (χ0v) is 29.0. The first-order valence-electron chi connectivity index (χ1n) is 18.8. The van der Waals surface area contributed by atoms with E-state index >= 15 is 0 Å². The van der Waals surface area contributed by atoms with Crippen LogP contribution in [0.3, 0.4) is 0 Å². The zero-order valence-electron chi connectivity index (χ0n) is 29.0. The van der Waals surface area contributed by atoms with Gasteiger partial charge in [0.25, 0.3) is 0 Å². The quantitative estimate of drug-likeness (QED) is 0.106. The first-order valence-corrected chi connectivity index (χ1v) is 18.8. The van der Waals surface area contributed by atoms with E-state index in [1.165, 1.54) is 107 Å². The molecule has 2 saturated carbocycles. The monoisotopic (exact) mass is 644 g/mol. The fraction of sp³-hybridized carbons (Fsp3) is 0.455. The summed E-state index contributed by atoms with van der Waals surface area (Å²) >= 11 is 0. The lowest BCUT2D eigenvalue weighted by Gasteiger charge is -2.42. The second-order valence-electron chi connectivity index (χ2n) is 14.7. The molecule has 254 valence electrons. The van der Waals surface area contributed by atoms with Gasteiger partial charge in [-0.05, 0) is 127 Å². The van der Waals surface area contributed by atoms with Crippen molar-refractivity contribution in [3.8, 4) is 23.0 Å².